The van der Waals surface area contributed by atoms with Crippen LogP contribution < -0.4 is 10.1 Å². The lowest BCUT2D eigenvalue weighted by Gasteiger charge is -2.13. The van der Waals surface area contributed by atoms with E-state index in [4.69, 9.17) is 16.3 Å². The van der Waals surface area contributed by atoms with E-state index in [1.807, 2.05) is 31.2 Å². The van der Waals surface area contributed by atoms with Crippen molar-refractivity contribution in [3.8, 4) is 5.75 Å². The molecule has 0 aliphatic rings. The quantitative estimate of drug-likeness (QED) is 0.625. The molecule has 0 aromatic heterocycles. The summed E-state index contributed by atoms with van der Waals surface area (Å²) in [7, 11) is -0.767. The Labute approximate surface area is 171 Å². The Morgan fingerprint density at radius 3 is 2.43 bits per heavy atom. The van der Waals surface area contributed by atoms with Crippen LogP contribution >= 0.6 is 11.6 Å². The maximum Gasteiger partial charge on any atom is 0.252 e. The minimum Gasteiger partial charge on any atom is -0.494 e. The monoisotopic (exact) mass is 424 g/mol. The number of ether oxygens (including phenoxy) is 1. The molecule has 28 heavy (non-hydrogen) atoms. The van der Waals surface area contributed by atoms with E-state index in [0.29, 0.717) is 13.2 Å². The zero-order valence-electron chi connectivity index (χ0n) is 16.2. The third-order valence-electron chi connectivity index (χ3n) is 4.11. The molecule has 1 N–H and O–H groups in total. The number of halogens is 1. The molecule has 0 spiro atoms. The number of carbonyl (C=O) groups is 1. The average Bonchev–Trinajstić information content (AvgIpc) is 2.65. The Balaban J connectivity index is 1.83. The van der Waals surface area contributed by atoms with Crippen LogP contribution in [0.1, 0.15) is 28.8 Å². The molecule has 1 amide bonds. The molecule has 0 fully saturated rings. The highest BCUT2D eigenvalue weighted by Gasteiger charge is 2.20. The first-order valence-corrected chi connectivity index (χ1v) is 10.7. The molecule has 2 aromatic carbocycles. The molecular weight excluding hydrogens is 400 g/mol. The fraction of sp³-hybridized carbons (Fsp3) is 0.350. The summed E-state index contributed by atoms with van der Waals surface area (Å²) in [4.78, 5) is 12.4. The van der Waals surface area contributed by atoms with Gasteiger partial charge in [-0.1, -0.05) is 29.3 Å². The number of unbranched alkanes of at least 4 members (excludes halogenated alkanes) is 1. The molecule has 2 rings (SSSR count). The normalized spacial score (nSPS) is 11.5. The van der Waals surface area contributed by atoms with Gasteiger partial charge in [0.1, 0.15) is 5.75 Å². The third kappa shape index (κ3) is 5.95. The van der Waals surface area contributed by atoms with Crippen LogP contribution in [0.5, 0.6) is 5.75 Å². The van der Waals surface area contributed by atoms with E-state index in [-0.39, 0.29) is 15.5 Å². The maximum atomic E-state index is 12.4. The second-order valence-corrected chi connectivity index (χ2v) is 9.11. The van der Waals surface area contributed by atoms with Gasteiger partial charge >= 0.3 is 0 Å². The number of aryl methyl sites for hydroxylation is 1. The maximum absolute atomic E-state index is 12.4. The van der Waals surface area contributed by atoms with Gasteiger partial charge in [-0.15, -0.1) is 0 Å². The van der Waals surface area contributed by atoms with Gasteiger partial charge < -0.3 is 10.1 Å². The Morgan fingerprint density at radius 2 is 1.79 bits per heavy atom. The number of hydrogen-bond acceptors (Lipinski definition) is 4. The molecule has 6 nitrogen and oxygen atoms in total. The predicted molar refractivity (Wildman–Crippen MR) is 111 cm³/mol. The number of sulfonamides is 1. The van der Waals surface area contributed by atoms with Crippen LogP contribution in [0.25, 0.3) is 0 Å². The second-order valence-electron chi connectivity index (χ2n) is 6.55. The molecule has 0 saturated heterocycles. The van der Waals surface area contributed by atoms with Gasteiger partial charge in [-0.3, -0.25) is 4.79 Å². The summed E-state index contributed by atoms with van der Waals surface area (Å²) < 4.78 is 31.2. The van der Waals surface area contributed by atoms with Crippen LogP contribution in [0.4, 0.5) is 0 Å². The molecule has 0 radical (unpaired) electrons. The first-order valence-electron chi connectivity index (χ1n) is 8.91. The Morgan fingerprint density at radius 1 is 1.11 bits per heavy atom. The molecule has 0 unspecified atom stereocenters. The summed E-state index contributed by atoms with van der Waals surface area (Å²) in [5.74, 6) is 0.417. The van der Waals surface area contributed by atoms with Gasteiger partial charge in [0.25, 0.3) is 5.91 Å². The van der Waals surface area contributed by atoms with Crippen molar-refractivity contribution in [1.29, 1.82) is 0 Å². The number of hydrogen-bond donors (Lipinski definition) is 1. The lowest BCUT2D eigenvalue weighted by Crippen LogP contribution is -2.26. The molecule has 0 bridgehead atoms. The Hall–Kier alpha value is -2.09. The molecule has 0 aliphatic carbocycles. The number of nitrogens with one attached hydrogen (secondary N) is 1. The van der Waals surface area contributed by atoms with E-state index in [1.165, 1.54) is 37.9 Å². The second kappa shape index (κ2) is 9.91. The van der Waals surface area contributed by atoms with E-state index in [1.54, 1.807) is 0 Å². The van der Waals surface area contributed by atoms with Crippen LogP contribution in [0.2, 0.25) is 5.02 Å². The van der Waals surface area contributed by atoms with E-state index in [2.05, 4.69) is 5.32 Å². The average molecular weight is 425 g/mol. The molecule has 0 heterocycles. The number of rotatable bonds is 9. The largest absolute Gasteiger partial charge is 0.494 e. The topological polar surface area (TPSA) is 75.7 Å². The minimum atomic E-state index is -3.63. The first-order chi connectivity index (χ1) is 13.2. The van der Waals surface area contributed by atoms with Gasteiger partial charge in [0, 0.05) is 20.6 Å². The summed E-state index contributed by atoms with van der Waals surface area (Å²) in [5, 5.41) is 2.97. The zero-order chi connectivity index (χ0) is 20.7. The van der Waals surface area contributed by atoms with Gasteiger partial charge in [0.05, 0.1) is 22.1 Å². The third-order valence-corrected chi connectivity index (χ3v) is 6.25. The SMILES string of the molecule is Cc1ccc(OCCCCNC(=O)c2cc(S(=O)(=O)N(C)C)ccc2Cl)cc1. The highest BCUT2D eigenvalue weighted by molar-refractivity contribution is 7.89. The van der Waals surface area contributed by atoms with Crippen LogP contribution in [0, 0.1) is 6.92 Å². The predicted octanol–water partition coefficient (Wildman–Crippen LogP) is 3.49. The molecule has 0 aliphatic heterocycles. The van der Waals surface area contributed by atoms with Crippen LogP contribution in [-0.2, 0) is 10.0 Å². The van der Waals surface area contributed by atoms with E-state index in [9.17, 15) is 13.2 Å². The van der Waals surface area contributed by atoms with E-state index >= 15 is 0 Å². The van der Waals surface area contributed by atoms with E-state index in [0.717, 1.165) is 22.9 Å². The molecular formula is C20H25ClN2O4S. The standard InChI is InChI=1S/C20H25ClN2O4S/c1-15-6-8-16(9-7-15)27-13-5-4-12-22-20(24)18-14-17(10-11-19(18)21)28(25,26)23(2)3/h6-11,14H,4-5,12-13H2,1-3H3,(H,22,24). The van der Waals surface area contributed by atoms with Crippen molar-refractivity contribution < 1.29 is 17.9 Å². The fourth-order valence-corrected chi connectivity index (χ4v) is 3.53. The molecule has 152 valence electrons. The fourth-order valence-electron chi connectivity index (χ4n) is 2.40. The van der Waals surface area contributed by atoms with E-state index < -0.39 is 15.9 Å². The van der Waals surface area contributed by atoms with Crippen molar-refractivity contribution in [2.24, 2.45) is 0 Å². The van der Waals surface area contributed by atoms with Crippen molar-refractivity contribution in [3.05, 3.63) is 58.6 Å². The highest BCUT2D eigenvalue weighted by atomic mass is 35.5. The van der Waals surface area contributed by atoms with Crippen molar-refractivity contribution in [2.75, 3.05) is 27.2 Å². The number of carbonyl (C=O) groups excluding carboxylic acids is 1. The summed E-state index contributed by atoms with van der Waals surface area (Å²) in [6.07, 6.45) is 1.50. The van der Waals surface area contributed by atoms with Crippen molar-refractivity contribution in [1.82, 2.24) is 9.62 Å². The number of benzene rings is 2. The summed E-state index contributed by atoms with van der Waals surface area (Å²) in [6.45, 7) is 3.01. The smallest absolute Gasteiger partial charge is 0.252 e. The Kier molecular flexibility index (Phi) is 7.86. The number of amides is 1. The molecule has 8 heteroatoms. The van der Waals surface area contributed by atoms with Crippen molar-refractivity contribution >= 4 is 27.5 Å². The Bertz CT molecular complexity index is 912. The van der Waals surface area contributed by atoms with Crippen LogP contribution in [0.3, 0.4) is 0 Å². The van der Waals surface area contributed by atoms with Gasteiger partial charge in [-0.25, -0.2) is 12.7 Å². The minimum absolute atomic E-state index is 0.0264. The molecule has 0 saturated carbocycles. The van der Waals surface area contributed by atoms with Gasteiger partial charge in [0.15, 0.2) is 0 Å². The van der Waals surface area contributed by atoms with Crippen molar-refractivity contribution in [2.45, 2.75) is 24.7 Å². The summed E-state index contributed by atoms with van der Waals surface area (Å²) >= 11 is 6.07. The molecule has 0 atom stereocenters. The van der Waals surface area contributed by atoms with Gasteiger partial charge in [-0.2, -0.15) is 0 Å². The molecule has 2 aromatic rings. The summed E-state index contributed by atoms with van der Waals surface area (Å²) in [5.41, 5.74) is 1.32. The van der Waals surface area contributed by atoms with Crippen LogP contribution in [-0.4, -0.2) is 45.9 Å². The summed E-state index contributed by atoms with van der Waals surface area (Å²) in [6, 6.07) is 11.9. The van der Waals surface area contributed by atoms with Crippen molar-refractivity contribution in [3.63, 3.8) is 0 Å². The highest BCUT2D eigenvalue weighted by Crippen LogP contribution is 2.22. The first kappa shape index (κ1) is 22.2. The van der Waals surface area contributed by atoms with Gasteiger partial charge in [-0.05, 0) is 50.1 Å². The lowest BCUT2D eigenvalue weighted by atomic mass is 10.2. The number of nitrogens with zero attached hydrogens (tertiary/aromatic N) is 1. The van der Waals surface area contributed by atoms with Gasteiger partial charge in [0.2, 0.25) is 10.0 Å². The lowest BCUT2D eigenvalue weighted by molar-refractivity contribution is 0.0952. The zero-order valence-corrected chi connectivity index (χ0v) is 17.8. The van der Waals surface area contributed by atoms with Crippen LogP contribution in [0.15, 0.2) is 47.4 Å².